The van der Waals surface area contributed by atoms with Crippen molar-refractivity contribution in [2.75, 3.05) is 18.9 Å². The lowest BCUT2D eigenvalue weighted by Gasteiger charge is -2.09. The van der Waals surface area contributed by atoms with Crippen LogP contribution in [0.4, 0.5) is 10.5 Å². The van der Waals surface area contributed by atoms with Gasteiger partial charge in [0.15, 0.2) is 6.29 Å². The number of aliphatic hydroxyl groups excluding tert-OH is 1. The van der Waals surface area contributed by atoms with Crippen LogP contribution in [0.2, 0.25) is 0 Å². The number of hydrogen-bond acceptors (Lipinski definition) is 5. The topological polar surface area (TPSA) is 125 Å². The van der Waals surface area contributed by atoms with Crippen molar-refractivity contribution >= 4 is 11.7 Å². The number of aliphatic hydroxyl groups is 2. The number of nitrogens with zero attached hydrogens (tertiary/aromatic N) is 2. The highest BCUT2D eigenvalue weighted by Crippen LogP contribution is 2.24. The lowest BCUT2D eigenvalue weighted by Crippen LogP contribution is -2.30. The van der Waals surface area contributed by atoms with Crippen molar-refractivity contribution in [1.82, 2.24) is 15.1 Å². The second-order valence-corrected chi connectivity index (χ2v) is 8.82. The maximum Gasteiger partial charge on any atom is 0.319 e. The summed E-state index contributed by atoms with van der Waals surface area (Å²) < 4.78 is 2.00. The van der Waals surface area contributed by atoms with Crippen LogP contribution < -0.4 is 16.4 Å². The number of nitrogens with two attached hydrogens (primary N) is 1. The van der Waals surface area contributed by atoms with Gasteiger partial charge in [0.25, 0.3) is 0 Å². The normalized spacial score (nSPS) is 10.2. The van der Waals surface area contributed by atoms with Crippen LogP contribution in [0, 0.1) is 13.8 Å². The summed E-state index contributed by atoms with van der Waals surface area (Å²) in [6.45, 7) is 6.34. The maximum atomic E-state index is 12.2. The number of benzene rings is 3. The lowest BCUT2D eigenvalue weighted by molar-refractivity contribution is -0.0413. The van der Waals surface area contributed by atoms with Gasteiger partial charge in [-0.05, 0) is 70.0 Å². The SMILES string of the molecule is CCC(O)O.CN.Cc1ccc(-n2nc(CCCNC(=O)Nc3ccccc3C)cc2-c2ccccc2)cc1. The Bertz CT molecular complexity index is 1250. The molecule has 0 bridgehead atoms. The average molecular weight is 532 g/mol. The molecule has 2 amide bonds. The summed E-state index contributed by atoms with van der Waals surface area (Å²) in [5.41, 5.74) is 11.8. The van der Waals surface area contributed by atoms with Crippen LogP contribution in [0.5, 0.6) is 0 Å². The summed E-state index contributed by atoms with van der Waals surface area (Å²) in [6, 6.07) is 28.4. The number of aromatic nitrogens is 2. The number of carbonyl (C=O) groups excluding carboxylic acids is 1. The molecule has 6 N–H and O–H groups in total. The molecule has 4 aromatic rings. The first-order chi connectivity index (χ1) is 18.9. The van der Waals surface area contributed by atoms with E-state index in [1.807, 2.05) is 54.1 Å². The molecule has 0 atom stereocenters. The van der Waals surface area contributed by atoms with Gasteiger partial charge in [0.1, 0.15) is 0 Å². The predicted molar refractivity (Wildman–Crippen MR) is 159 cm³/mol. The van der Waals surface area contributed by atoms with Crippen LogP contribution >= 0.6 is 0 Å². The van der Waals surface area contributed by atoms with Gasteiger partial charge in [-0.1, -0.05) is 73.2 Å². The number of hydrogen-bond donors (Lipinski definition) is 5. The van der Waals surface area contributed by atoms with Crippen molar-refractivity contribution in [2.45, 2.75) is 46.3 Å². The Kier molecular flexibility index (Phi) is 13.4. The van der Waals surface area contributed by atoms with Crippen molar-refractivity contribution in [2.24, 2.45) is 5.73 Å². The molecule has 0 unspecified atom stereocenters. The molecule has 0 aliphatic heterocycles. The van der Waals surface area contributed by atoms with E-state index in [4.69, 9.17) is 15.3 Å². The fourth-order valence-electron chi connectivity index (χ4n) is 3.60. The summed E-state index contributed by atoms with van der Waals surface area (Å²) >= 11 is 0. The van der Waals surface area contributed by atoms with Gasteiger partial charge >= 0.3 is 6.03 Å². The van der Waals surface area contributed by atoms with Crippen molar-refractivity contribution in [3.63, 3.8) is 0 Å². The van der Waals surface area contributed by atoms with E-state index in [1.165, 1.54) is 12.6 Å². The fraction of sp³-hybridized carbons (Fsp3) is 0.290. The Hall–Kier alpha value is -3.98. The molecular weight excluding hydrogens is 490 g/mol. The van der Waals surface area contributed by atoms with Gasteiger partial charge in [-0.2, -0.15) is 5.10 Å². The van der Waals surface area contributed by atoms with Crippen LogP contribution in [0.25, 0.3) is 16.9 Å². The molecule has 4 rings (SSSR count). The number of rotatable bonds is 8. The van der Waals surface area contributed by atoms with E-state index in [2.05, 4.69) is 65.8 Å². The molecule has 0 saturated carbocycles. The first-order valence-corrected chi connectivity index (χ1v) is 13.1. The minimum atomic E-state index is -1.12. The molecular formula is C31H41N5O3. The highest BCUT2D eigenvalue weighted by atomic mass is 16.5. The van der Waals surface area contributed by atoms with Gasteiger partial charge in [0.2, 0.25) is 0 Å². The quantitative estimate of drug-likeness (QED) is 0.158. The number of anilines is 1. The average Bonchev–Trinajstić information content (AvgIpc) is 3.39. The van der Waals surface area contributed by atoms with Crippen molar-refractivity contribution in [1.29, 1.82) is 0 Å². The Morgan fingerprint density at radius 3 is 2.18 bits per heavy atom. The van der Waals surface area contributed by atoms with Crippen LogP contribution in [-0.4, -0.2) is 45.9 Å². The Morgan fingerprint density at radius 1 is 0.949 bits per heavy atom. The number of aryl methyl sites for hydroxylation is 3. The van der Waals surface area contributed by atoms with Gasteiger partial charge in [-0.15, -0.1) is 0 Å². The standard InChI is InChI=1S/C27H28N4O.C3H8O2.CH5N/c1-20-14-16-24(17-15-20)31-26(22-10-4-3-5-11-22)19-23(30-31)12-8-18-28-27(32)29-25-13-7-6-9-21(25)2;1-2-3(4)5;1-2/h3-7,9-11,13-17,19H,8,12,18H2,1-2H3,(H2,28,29,32);3-5H,2H2,1H3;2H2,1H3. The Balaban J connectivity index is 0.000000686. The van der Waals surface area contributed by atoms with Crippen LogP contribution in [0.15, 0.2) is 84.9 Å². The molecule has 39 heavy (non-hydrogen) atoms. The maximum absolute atomic E-state index is 12.2. The van der Waals surface area contributed by atoms with Crippen molar-refractivity contribution in [3.05, 3.63) is 102 Å². The monoisotopic (exact) mass is 531 g/mol. The second kappa shape index (κ2) is 16.8. The Labute approximate surface area is 231 Å². The lowest BCUT2D eigenvalue weighted by atomic mass is 10.1. The largest absolute Gasteiger partial charge is 0.368 e. The van der Waals surface area contributed by atoms with E-state index in [0.29, 0.717) is 13.0 Å². The Morgan fingerprint density at radius 2 is 1.56 bits per heavy atom. The summed E-state index contributed by atoms with van der Waals surface area (Å²) in [5.74, 6) is 0. The zero-order valence-corrected chi connectivity index (χ0v) is 23.3. The number of urea groups is 1. The van der Waals surface area contributed by atoms with Crippen LogP contribution in [0.3, 0.4) is 0 Å². The molecule has 1 aromatic heterocycles. The van der Waals surface area contributed by atoms with E-state index in [0.717, 1.165) is 46.7 Å². The van der Waals surface area contributed by atoms with E-state index in [-0.39, 0.29) is 6.03 Å². The fourth-order valence-corrected chi connectivity index (χ4v) is 3.60. The molecule has 0 aliphatic carbocycles. The third-order valence-corrected chi connectivity index (χ3v) is 5.76. The van der Waals surface area contributed by atoms with E-state index in [1.54, 1.807) is 6.92 Å². The second-order valence-electron chi connectivity index (χ2n) is 8.82. The summed E-state index contributed by atoms with van der Waals surface area (Å²) in [7, 11) is 1.50. The van der Waals surface area contributed by atoms with E-state index >= 15 is 0 Å². The molecule has 0 radical (unpaired) electrons. The number of amides is 2. The van der Waals surface area contributed by atoms with Gasteiger partial charge in [0.05, 0.1) is 17.1 Å². The molecule has 1 heterocycles. The van der Waals surface area contributed by atoms with Gasteiger partial charge in [-0.25, -0.2) is 9.48 Å². The number of para-hydroxylation sites is 1. The summed E-state index contributed by atoms with van der Waals surface area (Å²) in [5, 5.41) is 26.5. The minimum absolute atomic E-state index is 0.186. The smallest absolute Gasteiger partial charge is 0.319 e. The number of nitrogens with one attached hydrogen (secondary N) is 2. The van der Waals surface area contributed by atoms with Crippen molar-refractivity contribution < 1.29 is 15.0 Å². The zero-order valence-electron chi connectivity index (χ0n) is 23.3. The predicted octanol–water partition coefficient (Wildman–Crippen LogP) is 5.19. The third-order valence-electron chi connectivity index (χ3n) is 5.76. The summed E-state index contributed by atoms with van der Waals surface area (Å²) in [6.07, 6.45) is 0.888. The molecule has 0 saturated heterocycles. The highest BCUT2D eigenvalue weighted by molar-refractivity contribution is 5.89. The van der Waals surface area contributed by atoms with E-state index in [9.17, 15) is 4.79 Å². The molecule has 8 nitrogen and oxygen atoms in total. The van der Waals surface area contributed by atoms with Crippen LogP contribution in [0.1, 0.15) is 36.6 Å². The molecule has 0 fully saturated rings. The molecule has 0 spiro atoms. The van der Waals surface area contributed by atoms with E-state index < -0.39 is 6.29 Å². The van der Waals surface area contributed by atoms with Crippen molar-refractivity contribution in [3.8, 4) is 16.9 Å². The molecule has 8 heteroatoms. The first kappa shape index (κ1) is 31.2. The van der Waals surface area contributed by atoms with Gasteiger partial charge < -0.3 is 26.6 Å². The summed E-state index contributed by atoms with van der Waals surface area (Å²) in [4.78, 5) is 12.2. The molecule has 208 valence electrons. The molecule has 0 aliphatic rings. The zero-order chi connectivity index (χ0) is 28.6. The highest BCUT2D eigenvalue weighted by Gasteiger charge is 2.12. The van der Waals surface area contributed by atoms with Gasteiger partial charge in [-0.3, -0.25) is 0 Å². The van der Waals surface area contributed by atoms with Gasteiger partial charge in [0, 0.05) is 17.8 Å². The minimum Gasteiger partial charge on any atom is -0.368 e. The third kappa shape index (κ3) is 10.4. The molecule has 3 aromatic carbocycles. The number of carbonyl (C=O) groups is 1. The first-order valence-electron chi connectivity index (χ1n) is 13.1. The van der Waals surface area contributed by atoms with Crippen LogP contribution in [-0.2, 0) is 6.42 Å².